The molecule has 2 aliphatic rings. The van der Waals surface area contributed by atoms with Gasteiger partial charge in [0.15, 0.2) is 0 Å². The number of hydrogen-bond acceptors (Lipinski definition) is 5. The average molecular weight is 465 g/mol. The fourth-order valence-electron chi connectivity index (χ4n) is 5.23. The third-order valence-corrected chi connectivity index (χ3v) is 8.25. The summed E-state index contributed by atoms with van der Waals surface area (Å²) < 4.78 is 1.77. The number of aryl methyl sites for hydroxylation is 3. The van der Waals surface area contributed by atoms with E-state index in [0.717, 1.165) is 71.8 Å². The molecule has 1 aliphatic carbocycles. The number of pyridine rings is 1. The van der Waals surface area contributed by atoms with E-state index in [1.807, 2.05) is 31.2 Å². The van der Waals surface area contributed by atoms with Gasteiger partial charge in [-0.05, 0) is 81.7 Å². The van der Waals surface area contributed by atoms with Gasteiger partial charge in [-0.1, -0.05) is 11.6 Å². The summed E-state index contributed by atoms with van der Waals surface area (Å²) >= 11 is 7.94. The van der Waals surface area contributed by atoms with Crippen molar-refractivity contribution in [3.05, 3.63) is 55.8 Å². The van der Waals surface area contributed by atoms with Gasteiger partial charge in [0.25, 0.3) is 5.56 Å². The summed E-state index contributed by atoms with van der Waals surface area (Å²) in [4.78, 5) is 28.9. The van der Waals surface area contributed by atoms with Crippen LogP contribution in [0.15, 0.2) is 29.1 Å². The van der Waals surface area contributed by atoms with E-state index in [2.05, 4.69) is 4.90 Å². The topological polar surface area (TPSA) is 51.0 Å². The Kier molecular flexibility index (Phi) is 4.95. The van der Waals surface area contributed by atoms with Gasteiger partial charge in [-0.3, -0.25) is 4.79 Å². The van der Waals surface area contributed by atoms with Crippen molar-refractivity contribution in [2.75, 3.05) is 18.0 Å². The second kappa shape index (κ2) is 7.85. The van der Waals surface area contributed by atoms with E-state index in [1.54, 1.807) is 15.9 Å². The van der Waals surface area contributed by atoms with E-state index < -0.39 is 0 Å². The van der Waals surface area contributed by atoms with Gasteiger partial charge in [-0.2, -0.15) is 0 Å². The smallest absolute Gasteiger partial charge is 0.269 e. The van der Waals surface area contributed by atoms with Crippen LogP contribution in [-0.2, 0) is 12.8 Å². The summed E-state index contributed by atoms with van der Waals surface area (Å²) in [5.74, 6) is 0.743. The van der Waals surface area contributed by atoms with Crippen LogP contribution in [0.1, 0.15) is 48.2 Å². The molecule has 0 saturated carbocycles. The molecule has 0 spiro atoms. The van der Waals surface area contributed by atoms with Crippen LogP contribution in [-0.4, -0.2) is 27.6 Å². The van der Waals surface area contributed by atoms with Crippen LogP contribution in [0, 0.1) is 6.92 Å². The lowest BCUT2D eigenvalue weighted by Crippen LogP contribution is -2.36. The van der Waals surface area contributed by atoms with Crippen molar-refractivity contribution in [3.8, 4) is 5.69 Å². The first-order chi connectivity index (χ1) is 15.6. The van der Waals surface area contributed by atoms with Gasteiger partial charge in [0.05, 0.1) is 22.3 Å². The molecule has 1 fully saturated rings. The Balaban J connectivity index is 1.72. The second-order valence-corrected chi connectivity index (χ2v) is 10.4. The predicted octanol–water partition coefficient (Wildman–Crippen LogP) is 5.83. The lowest BCUT2D eigenvalue weighted by atomic mass is 9.96. The summed E-state index contributed by atoms with van der Waals surface area (Å²) in [6.07, 6.45) is 8.04. The molecule has 7 heteroatoms. The van der Waals surface area contributed by atoms with Gasteiger partial charge in [-0.25, -0.2) is 14.5 Å². The maximum absolute atomic E-state index is 14.1. The molecular weight excluding hydrogens is 440 g/mol. The third kappa shape index (κ3) is 3.15. The number of fused-ring (bicyclic) bond motifs is 5. The van der Waals surface area contributed by atoms with Gasteiger partial charge in [-0.15, -0.1) is 11.3 Å². The van der Waals surface area contributed by atoms with Gasteiger partial charge in [0, 0.05) is 28.4 Å². The number of nitrogens with zero attached hydrogens (tertiary/aromatic N) is 4. The molecule has 4 aromatic rings. The summed E-state index contributed by atoms with van der Waals surface area (Å²) in [7, 11) is 0. The quantitative estimate of drug-likeness (QED) is 0.374. The lowest BCUT2D eigenvalue weighted by molar-refractivity contribution is 0.563. The highest BCUT2D eigenvalue weighted by molar-refractivity contribution is 7.19. The standard InChI is InChI=1S/C25H25ClN4OS/c1-15-20-22(21-18-7-3-4-8-19(18)32-23(21)27-15)28-25(29-13-5-2-6-14-29)30(24(20)31)17-11-9-16(26)10-12-17/h9-12H,2-8,13-14H2,1H3. The number of thiophene rings is 1. The Labute approximate surface area is 195 Å². The zero-order valence-electron chi connectivity index (χ0n) is 18.2. The van der Waals surface area contributed by atoms with Crippen molar-refractivity contribution < 1.29 is 0 Å². The molecule has 0 amide bonds. The first-order valence-electron chi connectivity index (χ1n) is 11.5. The largest absolute Gasteiger partial charge is 0.342 e. The average Bonchev–Trinajstić information content (AvgIpc) is 3.18. The maximum atomic E-state index is 14.1. The molecule has 6 rings (SSSR count). The van der Waals surface area contributed by atoms with Crippen LogP contribution in [0.2, 0.25) is 5.02 Å². The minimum atomic E-state index is -0.0412. The predicted molar refractivity (Wildman–Crippen MR) is 133 cm³/mol. The van der Waals surface area contributed by atoms with Crippen LogP contribution < -0.4 is 10.5 Å². The molecule has 0 unspecified atom stereocenters. The van der Waals surface area contributed by atoms with E-state index in [0.29, 0.717) is 10.4 Å². The molecule has 1 aromatic carbocycles. The monoisotopic (exact) mass is 464 g/mol. The number of anilines is 1. The van der Waals surface area contributed by atoms with E-state index in [1.165, 1.54) is 29.7 Å². The highest BCUT2D eigenvalue weighted by atomic mass is 35.5. The number of hydrogen-bond donors (Lipinski definition) is 0. The van der Waals surface area contributed by atoms with Crippen LogP contribution in [0.3, 0.4) is 0 Å². The molecule has 4 heterocycles. The molecule has 3 aromatic heterocycles. The Morgan fingerprint density at radius 1 is 0.938 bits per heavy atom. The van der Waals surface area contributed by atoms with Crippen LogP contribution in [0.4, 0.5) is 5.95 Å². The Morgan fingerprint density at radius 3 is 2.47 bits per heavy atom. The molecule has 0 N–H and O–H groups in total. The number of aromatic nitrogens is 3. The van der Waals surface area contributed by atoms with Crippen molar-refractivity contribution in [2.24, 2.45) is 0 Å². The maximum Gasteiger partial charge on any atom is 0.269 e. The number of benzene rings is 1. The van der Waals surface area contributed by atoms with E-state index in [4.69, 9.17) is 21.6 Å². The van der Waals surface area contributed by atoms with Gasteiger partial charge >= 0.3 is 0 Å². The number of rotatable bonds is 2. The fraction of sp³-hybridized carbons (Fsp3) is 0.400. The number of piperidine rings is 1. The molecule has 5 nitrogen and oxygen atoms in total. The van der Waals surface area contributed by atoms with Crippen molar-refractivity contribution in [1.29, 1.82) is 0 Å². The van der Waals surface area contributed by atoms with E-state index >= 15 is 0 Å². The minimum absolute atomic E-state index is 0.0412. The fourth-order valence-corrected chi connectivity index (χ4v) is 6.67. The molecule has 1 aliphatic heterocycles. The van der Waals surface area contributed by atoms with Gasteiger partial charge in [0.1, 0.15) is 4.83 Å². The number of halogens is 1. The van der Waals surface area contributed by atoms with Gasteiger partial charge < -0.3 is 4.90 Å². The Bertz CT molecular complexity index is 1400. The first kappa shape index (κ1) is 20.2. The molecule has 1 saturated heterocycles. The molecule has 0 atom stereocenters. The zero-order valence-corrected chi connectivity index (χ0v) is 19.7. The summed E-state index contributed by atoms with van der Waals surface area (Å²) in [6, 6.07) is 7.46. The van der Waals surface area contributed by atoms with E-state index in [-0.39, 0.29) is 5.56 Å². The van der Waals surface area contributed by atoms with Crippen molar-refractivity contribution in [2.45, 2.75) is 51.9 Å². The normalized spacial score (nSPS) is 16.6. The lowest BCUT2D eigenvalue weighted by Gasteiger charge is -2.30. The third-order valence-electron chi connectivity index (χ3n) is 6.81. The molecule has 0 radical (unpaired) electrons. The molecule has 32 heavy (non-hydrogen) atoms. The minimum Gasteiger partial charge on any atom is -0.342 e. The summed E-state index contributed by atoms with van der Waals surface area (Å²) in [5, 5.41) is 2.41. The highest BCUT2D eigenvalue weighted by Crippen LogP contribution is 2.39. The van der Waals surface area contributed by atoms with E-state index in [9.17, 15) is 4.79 Å². The van der Waals surface area contributed by atoms with Gasteiger partial charge in [0.2, 0.25) is 5.95 Å². The SMILES string of the molecule is Cc1nc2sc3c(c2c2nc(N4CCCCC4)n(-c4ccc(Cl)cc4)c(=O)c12)CCCC3. The zero-order chi connectivity index (χ0) is 21.8. The molecule has 164 valence electrons. The molecular formula is C25H25ClN4OS. The Hall–Kier alpha value is -2.44. The van der Waals surface area contributed by atoms with Crippen molar-refractivity contribution >= 4 is 50.0 Å². The summed E-state index contributed by atoms with van der Waals surface area (Å²) in [6.45, 7) is 3.78. The highest BCUT2D eigenvalue weighted by Gasteiger charge is 2.26. The van der Waals surface area contributed by atoms with Crippen LogP contribution in [0.25, 0.3) is 26.8 Å². The van der Waals surface area contributed by atoms with Crippen LogP contribution in [0.5, 0.6) is 0 Å². The van der Waals surface area contributed by atoms with Crippen molar-refractivity contribution in [3.63, 3.8) is 0 Å². The van der Waals surface area contributed by atoms with Crippen molar-refractivity contribution in [1.82, 2.24) is 14.5 Å². The molecule has 0 bridgehead atoms. The van der Waals surface area contributed by atoms with Crippen LogP contribution >= 0.6 is 22.9 Å². The summed E-state index contributed by atoms with van der Waals surface area (Å²) in [5.41, 5.74) is 3.72. The first-order valence-corrected chi connectivity index (χ1v) is 12.7. The second-order valence-electron chi connectivity index (χ2n) is 8.89. The Morgan fingerprint density at radius 2 is 1.69 bits per heavy atom.